The monoisotopic (exact) mass is 496 g/mol. The fourth-order valence-corrected chi connectivity index (χ4v) is 3.55. The summed E-state index contributed by atoms with van der Waals surface area (Å²) < 4.78 is 10.9. The molecule has 6 nitrogen and oxygen atoms in total. The molecule has 0 aliphatic heterocycles. The number of nitriles is 1. The third-order valence-corrected chi connectivity index (χ3v) is 5.38. The number of rotatable bonds is 9. The second-order valence-corrected chi connectivity index (χ2v) is 8.21. The van der Waals surface area contributed by atoms with Crippen LogP contribution in [0.15, 0.2) is 64.6 Å². The van der Waals surface area contributed by atoms with E-state index in [0.29, 0.717) is 45.0 Å². The fraction of sp³-hybridized carbons (Fsp3) is 0.192. The number of carbonyl (C=O) groups is 2. The van der Waals surface area contributed by atoms with E-state index in [4.69, 9.17) is 32.4 Å². The van der Waals surface area contributed by atoms with Crippen LogP contribution in [0.5, 0.6) is 0 Å². The van der Waals surface area contributed by atoms with E-state index in [1.807, 2.05) is 6.07 Å². The Bertz CT molecular complexity index is 1240. The van der Waals surface area contributed by atoms with Crippen molar-refractivity contribution in [2.45, 2.75) is 26.2 Å². The van der Waals surface area contributed by atoms with Gasteiger partial charge in [0.2, 0.25) is 0 Å². The number of esters is 1. The molecule has 2 aromatic carbocycles. The Balaban J connectivity index is 1.65. The van der Waals surface area contributed by atoms with Gasteiger partial charge < -0.3 is 14.5 Å². The second kappa shape index (κ2) is 12.1. The molecule has 0 saturated carbocycles. The Hall–Kier alpha value is -3.53. The third kappa shape index (κ3) is 6.74. The molecule has 0 saturated heterocycles. The van der Waals surface area contributed by atoms with E-state index in [1.165, 1.54) is 6.08 Å². The molecule has 0 aliphatic carbocycles. The first-order valence-corrected chi connectivity index (χ1v) is 11.4. The fourth-order valence-electron chi connectivity index (χ4n) is 3.04. The van der Waals surface area contributed by atoms with Crippen molar-refractivity contribution in [1.29, 1.82) is 5.26 Å². The number of hydrogen-bond acceptors (Lipinski definition) is 5. The Morgan fingerprint density at radius 2 is 1.85 bits per heavy atom. The highest BCUT2D eigenvalue weighted by Gasteiger charge is 2.14. The molecular formula is C26H22Cl2N2O4. The van der Waals surface area contributed by atoms with E-state index in [0.717, 1.165) is 19.3 Å². The van der Waals surface area contributed by atoms with Crippen LogP contribution < -0.4 is 5.32 Å². The van der Waals surface area contributed by atoms with Gasteiger partial charge in [0.15, 0.2) is 0 Å². The standard InChI is InChI=1S/C26H22Cl2N2O4/c1-2-3-4-13-33-26(32)17-5-8-20(9-6-17)30-25(31)18(16-29)14-21-10-12-24(34-21)22-11-7-19(27)15-23(22)28/h5-12,14-15H,2-4,13H2,1H3,(H,30,31). The van der Waals surface area contributed by atoms with Gasteiger partial charge in [-0.05, 0) is 61.0 Å². The second-order valence-electron chi connectivity index (χ2n) is 7.37. The molecule has 1 amide bonds. The highest BCUT2D eigenvalue weighted by Crippen LogP contribution is 2.32. The summed E-state index contributed by atoms with van der Waals surface area (Å²) in [5, 5.41) is 13.0. The minimum atomic E-state index is -0.611. The summed E-state index contributed by atoms with van der Waals surface area (Å²) >= 11 is 12.1. The number of carbonyl (C=O) groups excluding carboxylic acids is 2. The minimum Gasteiger partial charge on any atom is -0.462 e. The number of ether oxygens (including phenoxy) is 1. The lowest BCUT2D eigenvalue weighted by Gasteiger charge is -2.07. The molecule has 0 atom stereocenters. The molecule has 8 heteroatoms. The maximum absolute atomic E-state index is 12.6. The number of unbranched alkanes of at least 4 members (excludes halogenated alkanes) is 2. The van der Waals surface area contributed by atoms with Crippen molar-refractivity contribution in [3.05, 3.63) is 81.5 Å². The molecule has 174 valence electrons. The van der Waals surface area contributed by atoms with Gasteiger partial charge in [0.05, 0.1) is 17.2 Å². The predicted molar refractivity (Wildman–Crippen MR) is 133 cm³/mol. The maximum Gasteiger partial charge on any atom is 0.338 e. The summed E-state index contributed by atoms with van der Waals surface area (Å²) in [5.74, 6) is -0.238. The van der Waals surface area contributed by atoms with Crippen molar-refractivity contribution in [3.8, 4) is 17.4 Å². The van der Waals surface area contributed by atoms with Gasteiger partial charge in [-0.25, -0.2) is 4.79 Å². The Labute approximate surface area is 207 Å². The molecule has 34 heavy (non-hydrogen) atoms. The van der Waals surface area contributed by atoms with Gasteiger partial charge in [-0.3, -0.25) is 4.79 Å². The number of furan rings is 1. The molecule has 0 spiro atoms. The van der Waals surface area contributed by atoms with E-state index in [1.54, 1.807) is 54.6 Å². The normalized spacial score (nSPS) is 11.1. The Morgan fingerprint density at radius 3 is 2.53 bits per heavy atom. The maximum atomic E-state index is 12.6. The highest BCUT2D eigenvalue weighted by atomic mass is 35.5. The number of halogens is 2. The lowest BCUT2D eigenvalue weighted by Crippen LogP contribution is -2.13. The molecule has 0 fully saturated rings. The molecule has 1 heterocycles. The first-order valence-electron chi connectivity index (χ1n) is 10.7. The topological polar surface area (TPSA) is 92.3 Å². The molecule has 1 N–H and O–H groups in total. The average molecular weight is 497 g/mol. The van der Waals surface area contributed by atoms with Crippen molar-refractivity contribution in [2.75, 3.05) is 11.9 Å². The summed E-state index contributed by atoms with van der Waals surface area (Å²) in [6.45, 7) is 2.45. The Kier molecular flexibility index (Phi) is 8.92. The van der Waals surface area contributed by atoms with E-state index < -0.39 is 11.9 Å². The van der Waals surface area contributed by atoms with Crippen LogP contribution in [-0.4, -0.2) is 18.5 Å². The van der Waals surface area contributed by atoms with E-state index in [2.05, 4.69) is 12.2 Å². The van der Waals surface area contributed by atoms with E-state index in [-0.39, 0.29) is 5.57 Å². The number of amides is 1. The number of nitrogens with one attached hydrogen (secondary N) is 1. The molecular weight excluding hydrogens is 475 g/mol. The SMILES string of the molecule is CCCCCOC(=O)c1ccc(NC(=O)C(C#N)=Cc2ccc(-c3ccc(Cl)cc3Cl)o2)cc1. The van der Waals surface area contributed by atoms with Crippen LogP contribution in [-0.2, 0) is 9.53 Å². The van der Waals surface area contributed by atoms with E-state index in [9.17, 15) is 14.9 Å². The highest BCUT2D eigenvalue weighted by molar-refractivity contribution is 6.36. The van der Waals surface area contributed by atoms with Gasteiger partial charge in [-0.15, -0.1) is 0 Å². The summed E-state index contributed by atoms with van der Waals surface area (Å²) in [7, 11) is 0. The van der Waals surface area contributed by atoms with Gasteiger partial charge in [0.25, 0.3) is 5.91 Å². The van der Waals surface area contributed by atoms with Gasteiger partial charge in [0, 0.05) is 22.3 Å². The zero-order chi connectivity index (χ0) is 24.5. The molecule has 0 aliphatic rings. The van der Waals surface area contributed by atoms with Crippen LogP contribution in [0.25, 0.3) is 17.4 Å². The zero-order valence-electron chi connectivity index (χ0n) is 18.4. The lowest BCUT2D eigenvalue weighted by atomic mass is 10.2. The van der Waals surface area contributed by atoms with Crippen molar-refractivity contribution < 1.29 is 18.7 Å². The van der Waals surface area contributed by atoms with Gasteiger partial charge in [-0.1, -0.05) is 43.0 Å². The smallest absolute Gasteiger partial charge is 0.338 e. The first kappa shape index (κ1) is 25.1. The van der Waals surface area contributed by atoms with Gasteiger partial charge in [-0.2, -0.15) is 5.26 Å². The van der Waals surface area contributed by atoms with E-state index >= 15 is 0 Å². The van der Waals surface area contributed by atoms with Crippen LogP contribution in [0.1, 0.15) is 42.3 Å². The minimum absolute atomic E-state index is 0.150. The van der Waals surface area contributed by atoms with Crippen LogP contribution >= 0.6 is 23.2 Å². The quantitative estimate of drug-likeness (QED) is 0.147. The molecule has 1 aromatic heterocycles. The van der Waals surface area contributed by atoms with Crippen molar-refractivity contribution in [1.82, 2.24) is 0 Å². The Morgan fingerprint density at radius 1 is 1.09 bits per heavy atom. The van der Waals surface area contributed by atoms with Gasteiger partial charge in [0.1, 0.15) is 23.2 Å². The largest absolute Gasteiger partial charge is 0.462 e. The summed E-state index contributed by atoms with van der Waals surface area (Å²) in [4.78, 5) is 24.6. The molecule has 0 radical (unpaired) electrons. The molecule has 0 bridgehead atoms. The first-order chi connectivity index (χ1) is 16.4. The van der Waals surface area contributed by atoms with Gasteiger partial charge >= 0.3 is 5.97 Å². The van der Waals surface area contributed by atoms with Crippen molar-refractivity contribution in [3.63, 3.8) is 0 Å². The van der Waals surface area contributed by atoms with Crippen molar-refractivity contribution >= 4 is 46.8 Å². The summed E-state index contributed by atoms with van der Waals surface area (Å²) in [5.41, 5.74) is 1.30. The predicted octanol–water partition coefficient (Wildman–Crippen LogP) is 7.15. The number of benzene rings is 2. The number of nitrogens with zero attached hydrogens (tertiary/aromatic N) is 1. The van der Waals surface area contributed by atoms with Crippen LogP contribution in [0.2, 0.25) is 10.0 Å². The van der Waals surface area contributed by atoms with Crippen LogP contribution in [0.3, 0.4) is 0 Å². The zero-order valence-corrected chi connectivity index (χ0v) is 19.9. The molecule has 0 unspecified atom stereocenters. The third-order valence-electron chi connectivity index (χ3n) is 4.83. The summed E-state index contributed by atoms with van der Waals surface area (Å²) in [6, 6.07) is 16.5. The average Bonchev–Trinajstić information content (AvgIpc) is 3.28. The lowest BCUT2D eigenvalue weighted by molar-refractivity contribution is -0.112. The molecule has 3 rings (SSSR count). The number of anilines is 1. The van der Waals surface area contributed by atoms with Crippen LogP contribution in [0, 0.1) is 11.3 Å². The molecule has 3 aromatic rings. The van der Waals surface area contributed by atoms with Crippen LogP contribution in [0.4, 0.5) is 5.69 Å². The number of hydrogen-bond donors (Lipinski definition) is 1. The van der Waals surface area contributed by atoms with Crippen molar-refractivity contribution in [2.24, 2.45) is 0 Å². The summed E-state index contributed by atoms with van der Waals surface area (Å²) in [6.07, 6.45) is 4.21.